The Morgan fingerprint density at radius 3 is 2.76 bits per heavy atom. The van der Waals surface area contributed by atoms with E-state index in [4.69, 9.17) is 19.6 Å². The molecule has 0 saturated heterocycles. The van der Waals surface area contributed by atoms with Crippen LogP contribution in [0.15, 0.2) is 55.1 Å². The molecule has 1 aliphatic rings. The summed E-state index contributed by atoms with van der Waals surface area (Å²) in [5.41, 5.74) is 3.80. The minimum absolute atomic E-state index is 0.0413. The SMILES string of the molecule is C=CCOc1ccc([C@H]2CC(=O)Nc3c2c(C)nn3-c2nc3ccc(OCC)cc3s2)cc1. The van der Waals surface area contributed by atoms with Gasteiger partial charge in [0.2, 0.25) is 11.0 Å². The van der Waals surface area contributed by atoms with Crippen molar-refractivity contribution in [1.82, 2.24) is 14.8 Å². The van der Waals surface area contributed by atoms with E-state index >= 15 is 0 Å². The van der Waals surface area contributed by atoms with Crippen LogP contribution in [0.4, 0.5) is 5.82 Å². The van der Waals surface area contributed by atoms with Crippen molar-refractivity contribution in [3.63, 3.8) is 0 Å². The standard InChI is InChI=1S/C25H24N4O3S/c1-4-12-32-17-8-6-16(7-9-17)19-14-22(30)27-24-23(19)15(3)28-29(24)25-26-20-11-10-18(31-5-2)13-21(20)33-25/h4,6-11,13,19H,1,5,12,14H2,2-3H3,(H,27,30)/t19-/m1/s1. The topological polar surface area (TPSA) is 78.3 Å². The number of nitrogens with one attached hydrogen (secondary N) is 1. The second-order valence-electron chi connectivity index (χ2n) is 7.79. The fourth-order valence-electron chi connectivity index (χ4n) is 4.16. The van der Waals surface area contributed by atoms with Gasteiger partial charge in [-0.05, 0) is 49.7 Å². The van der Waals surface area contributed by atoms with Gasteiger partial charge in [0.1, 0.15) is 23.9 Å². The van der Waals surface area contributed by atoms with Crippen molar-refractivity contribution >= 4 is 33.3 Å². The number of carbonyl (C=O) groups is 1. The number of hydrogen-bond donors (Lipinski definition) is 1. The molecule has 7 nitrogen and oxygen atoms in total. The number of fused-ring (bicyclic) bond motifs is 2. The fraction of sp³-hybridized carbons (Fsp3) is 0.240. The van der Waals surface area contributed by atoms with E-state index in [2.05, 4.69) is 11.9 Å². The van der Waals surface area contributed by atoms with Gasteiger partial charge in [-0.2, -0.15) is 9.78 Å². The number of nitrogens with zero attached hydrogens (tertiary/aromatic N) is 3. The van der Waals surface area contributed by atoms with Crippen LogP contribution >= 0.6 is 11.3 Å². The molecule has 1 aliphatic heterocycles. The van der Waals surface area contributed by atoms with Gasteiger partial charge in [-0.25, -0.2) is 4.98 Å². The van der Waals surface area contributed by atoms with Gasteiger partial charge in [0.15, 0.2) is 0 Å². The van der Waals surface area contributed by atoms with Crippen molar-refractivity contribution in [3.05, 3.63) is 71.9 Å². The highest BCUT2D eigenvalue weighted by atomic mass is 32.1. The third-order valence-electron chi connectivity index (χ3n) is 5.59. The van der Waals surface area contributed by atoms with Crippen molar-refractivity contribution in [2.45, 2.75) is 26.2 Å². The lowest BCUT2D eigenvalue weighted by molar-refractivity contribution is -0.116. The molecule has 3 heterocycles. The number of rotatable bonds is 7. The van der Waals surface area contributed by atoms with Gasteiger partial charge in [-0.15, -0.1) is 0 Å². The smallest absolute Gasteiger partial charge is 0.226 e. The second-order valence-corrected chi connectivity index (χ2v) is 8.80. The molecule has 2 aromatic carbocycles. The maximum atomic E-state index is 12.7. The highest BCUT2D eigenvalue weighted by molar-refractivity contribution is 7.20. The Morgan fingerprint density at radius 1 is 1.21 bits per heavy atom. The number of ether oxygens (including phenoxy) is 2. The summed E-state index contributed by atoms with van der Waals surface area (Å²) in [6.45, 7) is 8.67. The molecule has 0 radical (unpaired) electrons. The molecule has 33 heavy (non-hydrogen) atoms. The average molecular weight is 461 g/mol. The molecule has 1 N–H and O–H groups in total. The van der Waals surface area contributed by atoms with Gasteiger partial charge in [-0.1, -0.05) is 36.1 Å². The average Bonchev–Trinajstić information content (AvgIpc) is 3.38. The highest BCUT2D eigenvalue weighted by Gasteiger charge is 2.33. The zero-order valence-electron chi connectivity index (χ0n) is 18.5. The summed E-state index contributed by atoms with van der Waals surface area (Å²) in [5, 5.41) is 8.50. The number of anilines is 1. The first-order chi connectivity index (χ1) is 16.1. The van der Waals surface area contributed by atoms with E-state index in [1.165, 1.54) is 11.3 Å². The van der Waals surface area contributed by atoms with E-state index in [0.29, 0.717) is 30.6 Å². The van der Waals surface area contributed by atoms with Crippen LogP contribution in [0.5, 0.6) is 11.5 Å². The van der Waals surface area contributed by atoms with E-state index in [1.54, 1.807) is 10.8 Å². The molecule has 4 aromatic rings. The van der Waals surface area contributed by atoms with Gasteiger partial charge in [-0.3, -0.25) is 4.79 Å². The van der Waals surface area contributed by atoms with Crippen molar-refractivity contribution in [2.24, 2.45) is 0 Å². The summed E-state index contributed by atoms with van der Waals surface area (Å²) >= 11 is 1.52. The molecule has 2 aromatic heterocycles. The zero-order chi connectivity index (χ0) is 22.9. The molecular weight excluding hydrogens is 436 g/mol. The Morgan fingerprint density at radius 2 is 2.00 bits per heavy atom. The summed E-state index contributed by atoms with van der Waals surface area (Å²) in [5.74, 6) is 2.14. The van der Waals surface area contributed by atoms with Crippen molar-refractivity contribution in [2.75, 3.05) is 18.5 Å². The molecular formula is C25H24N4O3S. The van der Waals surface area contributed by atoms with Gasteiger partial charge in [0, 0.05) is 17.9 Å². The fourth-order valence-corrected chi connectivity index (χ4v) is 5.11. The molecule has 0 spiro atoms. The molecule has 0 bridgehead atoms. The summed E-state index contributed by atoms with van der Waals surface area (Å²) in [4.78, 5) is 17.4. The normalized spacial score (nSPS) is 15.2. The molecule has 0 aliphatic carbocycles. The first-order valence-electron chi connectivity index (χ1n) is 10.8. The second kappa shape index (κ2) is 8.71. The first kappa shape index (κ1) is 21.2. The molecule has 1 amide bonds. The van der Waals surface area contributed by atoms with Crippen LogP contribution < -0.4 is 14.8 Å². The van der Waals surface area contributed by atoms with Crippen molar-refractivity contribution < 1.29 is 14.3 Å². The van der Waals surface area contributed by atoms with Gasteiger partial charge < -0.3 is 14.8 Å². The minimum atomic E-state index is -0.0881. The van der Waals surface area contributed by atoms with Crippen LogP contribution in [-0.2, 0) is 4.79 Å². The number of carbonyl (C=O) groups excluding carboxylic acids is 1. The van der Waals surface area contributed by atoms with Gasteiger partial charge in [0.05, 0.1) is 22.5 Å². The molecule has 1 atom stereocenters. The van der Waals surface area contributed by atoms with Crippen LogP contribution in [0, 0.1) is 6.92 Å². The minimum Gasteiger partial charge on any atom is -0.494 e. The Hall–Kier alpha value is -3.65. The molecule has 5 rings (SSSR count). The summed E-state index contributed by atoms with van der Waals surface area (Å²) < 4.78 is 14.0. The van der Waals surface area contributed by atoms with Crippen molar-refractivity contribution in [3.8, 4) is 16.6 Å². The number of benzene rings is 2. The number of aromatic nitrogens is 3. The van der Waals surface area contributed by atoms with E-state index in [0.717, 1.165) is 38.5 Å². The maximum Gasteiger partial charge on any atom is 0.226 e. The largest absolute Gasteiger partial charge is 0.494 e. The third kappa shape index (κ3) is 3.98. The Labute approximate surface area is 195 Å². The number of hydrogen-bond acceptors (Lipinski definition) is 6. The lowest BCUT2D eigenvalue weighted by Gasteiger charge is -2.24. The summed E-state index contributed by atoms with van der Waals surface area (Å²) in [7, 11) is 0. The van der Waals surface area contributed by atoms with Gasteiger partial charge >= 0.3 is 0 Å². The lowest BCUT2D eigenvalue weighted by atomic mass is 9.86. The van der Waals surface area contributed by atoms with E-state index in [9.17, 15) is 4.79 Å². The summed E-state index contributed by atoms with van der Waals surface area (Å²) in [6.07, 6.45) is 2.08. The van der Waals surface area contributed by atoms with E-state index in [-0.39, 0.29) is 11.8 Å². The van der Waals surface area contributed by atoms with Crippen molar-refractivity contribution in [1.29, 1.82) is 0 Å². The molecule has 8 heteroatoms. The predicted molar refractivity (Wildman–Crippen MR) is 130 cm³/mol. The lowest BCUT2D eigenvalue weighted by Crippen LogP contribution is -2.24. The monoisotopic (exact) mass is 460 g/mol. The van der Waals surface area contributed by atoms with Crippen LogP contribution in [0.1, 0.15) is 36.1 Å². The Kier molecular flexibility index (Phi) is 5.60. The third-order valence-corrected chi connectivity index (χ3v) is 6.59. The molecule has 0 unspecified atom stereocenters. The Balaban J connectivity index is 1.54. The molecule has 0 fully saturated rings. The van der Waals surface area contributed by atoms with Crippen LogP contribution in [0.3, 0.4) is 0 Å². The number of amides is 1. The van der Waals surface area contributed by atoms with Crippen LogP contribution in [0.2, 0.25) is 0 Å². The highest BCUT2D eigenvalue weighted by Crippen LogP contribution is 2.41. The van der Waals surface area contributed by atoms with Gasteiger partial charge in [0.25, 0.3) is 0 Å². The van der Waals surface area contributed by atoms with Crippen LogP contribution in [0.25, 0.3) is 15.3 Å². The zero-order valence-corrected chi connectivity index (χ0v) is 19.3. The summed E-state index contributed by atoms with van der Waals surface area (Å²) in [6, 6.07) is 13.7. The van der Waals surface area contributed by atoms with E-state index < -0.39 is 0 Å². The number of aryl methyl sites for hydroxylation is 1. The Bertz CT molecular complexity index is 1340. The first-order valence-corrected chi connectivity index (χ1v) is 11.7. The van der Waals surface area contributed by atoms with Crippen LogP contribution in [-0.4, -0.2) is 33.9 Å². The molecule has 0 saturated carbocycles. The quantitative estimate of drug-likeness (QED) is 0.382. The molecule has 168 valence electrons. The maximum absolute atomic E-state index is 12.7. The number of thiazole rings is 1. The predicted octanol–water partition coefficient (Wildman–Crippen LogP) is 5.23. The van der Waals surface area contributed by atoms with E-state index in [1.807, 2.05) is 56.3 Å².